The lowest BCUT2D eigenvalue weighted by atomic mass is 10.2. The Morgan fingerprint density at radius 3 is 2.32 bits per heavy atom. The highest BCUT2D eigenvalue weighted by Crippen LogP contribution is 2.17. The second kappa shape index (κ2) is 9.36. The molecule has 0 aliphatic carbocycles. The molecular weight excluding hydrogens is 378 g/mol. The molecule has 0 aromatic heterocycles. The van der Waals surface area contributed by atoms with Crippen molar-refractivity contribution in [1.29, 1.82) is 0 Å². The summed E-state index contributed by atoms with van der Waals surface area (Å²) in [6.45, 7) is 1.83. The van der Waals surface area contributed by atoms with Crippen LogP contribution in [-0.2, 0) is 25.2 Å². The number of carbonyl (C=O) groups excluding carboxylic acids is 2. The van der Waals surface area contributed by atoms with Crippen molar-refractivity contribution in [3.05, 3.63) is 59.7 Å². The second-order valence-corrected chi connectivity index (χ2v) is 8.88. The molecule has 2 aromatic carbocycles. The average Bonchev–Trinajstić information content (AvgIpc) is 2.61. The predicted octanol–water partition coefficient (Wildman–Crippen LogP) is 2.05. The van der Waals surface area contributed by atoms with Gasteiger partial charge in [-0.3, -0.25) is 9.59 Å². The van der Waals surface area contributed by atoms with Crippen LogP contribution in [0.3, 0.4) is 0 Å². The summed E-state index contributed by atoms with van der Waals surface area (Å²) in [4.78, 5) is 25.7. The minimum absolute atomic E-state index is 0.0465. The summed E-state index contributed by atoms with van der Waals surface area (Å²) in [5.74, 6) is -0.690. The van der Waals surface area contributed by atoms with Gasteiger partial charge in [0.05, 0.1) is 18.8 Å². The van der Waals surface area contributed by atoms with Crippen LogP contribution in [-0.4, -0.2) is 51.5 Å². The van der Waals surface area contributed by atoms with Gasteiger partial charge in [-0.05, 0) is 30.7 Å². The Balaban J connectivity index is 1.89. The van der Waals surface area contributed by atoms with Gasteiger partial charge in [-0.15, -0.1) is 0 Å². The molecule has 7 nitrogen and oxygen atoms in total. The number of carbonyl (C=O) groups is 2. The third kappa shape index (κ3) is 7.03. The first kappa shape index (κ1) is 21.4. The van der Waals surface area contributed by atoms with E-state index in [-0.39, 0.29) is 30.7 Å². The highest BCUT2D eigenvalue weighted by atomic mass is 32.2. The molecule has 150 valence electrons. The minimum atomic E-state index is -3.19. The lowest BCUT2D eigenvalue weighted by Gasteiger charge is -2.18. The van der Waals surface area contributed by atoms with Crippen molar-refractivity contribution in [1.82, 2.24) is 4.90 Å². The molecule has 0 heterocycles. The Hall–Kier alpha value is -2.87. The van der Waals surface area contributed by atoms with Gasteiger partial charge in [0, 0.05) is 24.7 Å². The van der Waals surface area contributed by atoms with Crippen LogP contribution >= 0.6 is 0 Å². The van der Waals surface area contributed by atoms with Crippen molar-refractivity contribution < 1.29 is 18.0 Å². The van der Waals surface area contributed by atoms with Crippen LogP contribution in [0.4, 0.5) is 11.4 Å². The van der Waals surface area contributed by atoms with E-state index in [1.54, 1.807) is 43.4 Å². The molecule has 2 N–H and O–H groups in total. The summed E-state index contributed by atoms with van der Waals surface area (Å²) in [5, 5.41) is 5.70. The number of sulfone groups is 1. The number of amides is 2. The van der Waals surface area contributed by atoms with E-state index in [4.69, 9.17) is 0 Å². The lowest BCUT2D eigenvalue weighted by molar-refractivity contribution is -0.131. The van der Waals surface area contributed by atoms with Crippen molar-refractivity contribution in [2.75, 3.05) is 37.0 Å². The zero-order valence-electron chi connectivity index (χ0n) is 16.2. The van der Waals surface area contributed by atoms with Crippen LogP contribution in [0.1, 0.15) is 11.1 Å². The van der Waals surface area contributed by atoms with Crippen LogP contribution < -0.4 is 10.6 Å². The van der Waals surface area contributed by atoms with Gasteiger partial charge in [0.15, 0.2) is 9.84 Å². The molecule has 2 amide bonds. The molecule has 8 heteroatoms. The van der Waals surface area contributed by atoms with E-state index in [9.17, 15) is 18.0 Å². The Bertz CT molecular complexity index is 940. The Morgan fingerprint density at radius 2 is 1.68 bits per heavy atom. The smallest absolute Gasteiger partial charge is 0.243 e. The zero-order valence-corrected chi connectivity index (χ0v) is 17.0. The number of hydrogen-bond donors (Lipinski definition) is 2. The molecule has 0 atom stereocenters. The van der Waals surface area contributed by atoms with Gasteiger partial charge in [0.1, 0.15) is 0 Å². The zero-order chi connectivity index (χ0) is 20.7. The Labute approximate surface area is 165 Å². The molecule has 28 heavy (non-hydrogen) atoms. The van der Waals surface area contributed by atoms with E-state index < -0.39 is 9.84 Å². The molecule has 0 saturated carbocycles. The second-order valence-electron chi connectivity index (χ2n) is 6.74. The number of anilines is 2. The van der Waals surface area contributed by atoms with E-state index in [0.29, 0.717) is 16.9 Å². The third-order valence-corrected chi connectivity index (χ3v) is 4.84. The fourth-order valence-electron chi connectivity index (χ4n) is 2.55. The number of nitrogens with one attached hydrogen (secondary N) is 2. The monoisotopic (exact) mass is 403 g/mol. The number of hydrogen-bond acceptors (Lipinski definition) is 5. The summed E-state index contributed by atoms with van der Waals surface area (Å²) in [7, 11) is -1.65. The van der Waals surface area contributed by atoms with Crippen LogP contribution in [0.15, 0.2) is 48.5 Å². The van der Waals surface area contributed by atoms with E-state index in [1.165, 1.54) is 4.90 Å². The Morgan fingerprint density at radius 1 is 1.04 bits per heavy atom. The molecule has 0 saturated heterocycles. The topological polar surface area (TPSA) is 95.6 Å². The molecule has 0 unspecified atom stereocenters. The first-order chi connectivity index (χ1) is 13.1. The number of rotatable bonds is 8. The van der Waals surface area contributed by atoms with Crippen molar-refractivity contribution in [3.63, 3.8) is 0 Å². The number of likely N-dealkylation sites (N-methyl/N-ethyl adjacent to an activating group) is 1. The fraction of sp³-hybridized carbons (Fsp3) is 0.300. The number of para-hydroxylation sites is 1. The standard InChI is InChI=1S/C20H25N3O4S/c1-15-8-10-17(11-9-15)22-19(24)13-23(2)20(25)12-21-18-7-5-4-6-16(18)14-28(3,26)27/h4-11,21H,12-14H2,1-3H3,(H,22,24). The minimum Gasteiger partial charge on any atom is -0.376 e. The van der Waals surface area contributed by atoms with E-state index in [1.807, 2.05) is 19.1 Å². The largest absolute Gasteiger partial charge is 0.376 e. The molecular formula is C20H25N3O4S. The van der Waals surface area contributed by atoms with Crippen molar-refractivity contribution in [2.24, 2.45) is 0 Å². The van der Waals surface area contributed by atoms with E-state index >= 15 is 0 Å². The van der Waals surface area contributed by atoms with Gasteiger partial charge in [0.25, 0.3) is 0 Å². The van der Waals surface area contributed by atoms with Gasteiger partial charge < -0.3 is 15.5 Å². The SMILES string of the molecule is Cc1ccc(NC(=O)CN(C)C(=O)CNc2ccccc2CS(C)(=O)=O)cc1. The molecule has 0 aliphatic rings. The molecule has 2 rings (SSSR count). The number of benzene rings is 2. The Kier molecular flexibility index (Phi) is 7.17. The highest BCUT2D eigenvalue weighted by molar-refractivity contribution is 7.89. The molecule has 0 radical (unpaired) electrons. The predicted molar refractivity (Wildman–Crippen MR) is 111 cm³/mol. The summed E-state index contributed by atoms with van der Waals surface area (Å²) in [6.07, 6.45) is 1.16. The maximum Gasteiger partial charge on any atom is 0.243 e. The van der Waals surface area contributed by atoms with E-state index in [0.717, 1.165) is 11.8 Å². The van der Waals surface area contributed by atoms with Crippen molar-refractivity contribution >= 4 is 33.0 Å². The van der Waals surface area contributed by atoms with Crippen LogP contribution in [0.2, 0.25) is 0 Å². The summed E-state index contributed by atoms with van der Waals surface area (Å²) in [6, 6.07) is 14.3. The fourth-order valence-corrected chi connectivity index (χ4v) is 3.36. The highest BCUT2D eigenvalue weighted by Gasteiger charge is 2.14. The molecule has 0 fully saturated rings. The first-order valence-corrected chi connectivity index (χ1v) is 10.8. The third-order valence-electron chi connectivity index (χ3n) is 4.01. The quantitative estimate of drug-likeness (QED) is 0.703. The van der Waals surface area contributed by atoms with Gasteiger partial charge in [-0.1, -0.05) is 35.9 Å². The van der Waals surface area contributed by atoms with Gasteiger partial charge >= 0.3 is 0 Å². The molecule has 0 aliphatic heterocycles. The number of aryl methyl sites for hydroxylation is 1. The average molecular weight is 404 g/mol. The van der Waals surface area contributed by atoms with E-state index in [2.05, 4.69) is 10.6 Å². The molecule has 0 bridgehead atoms. The van der Waals surface area contributed by atoms with Gasteiger partial charge in [-0.25, -0.2) is 8.42 Å². The van der Waals surface area contributed by atoms with Crippen molar-refractivity contribution in [2.45, 2.75) is 12.7 Å². The molecule has 2 aromatic rings. The lowest BCUT2D eigenvalue weighted by Crippen LogP contribution is -2.38. The first-order valence-electron chi connectivity index (χ1n) is 8.74. The molecule has 0 spiro atoms. The summed E-state index contributed by atoms with van der Waals surface area (Å²) < 4.78 is 23.1. The van der Waals surface area contributed by atoms with Crippen LogP contribution in [0.5, 0.6) is 0 Å². The van der Waals surface area contributed by atoms with Crippen LogP contribution in [0.25, 0.3) is 0 Å². The van der Waals surface area contributed by atoms with Gasteiger partial charge in [0.2, 0.25) is 11.8 Å². The normalized spacial score (nSPS) is 11.0. The van der Waals surface area contributed by atoms with Gasteiger partial charge in [-0.2, -0.15) is 0 Å². The summed E-state index contributed by atoms with van der Waals surface area (Å²) in [5.41, 5.74) is 2.94. The maximum atomic E-state index is 12.3. The summed E-state index contributed by atoms with van der Waals surface area (Å²) >= 11 is 0. The maximum absolute atomic E-state index is 12.3. The van der Waals surface area contributed by atoms with Crippen LogP contribution in [0, 0.1) is 6.92 Å². The number of nitrogens with zero attached hydrogens (tertiary/aromatic N) is 1. The van der Waals surface area contributed by atoms with Crippen molar-refractivity contribution in [3.8, 4) is 0 Å².